The Kier molecular flexibility index (Phi) is 4.61. The molecule has 19 heavy (non-hydrogen) atoms. The number of nitrogens with one attached hydrogen (secondary N) is 1. The molecule has 1 N–H and O–H groups in total. The molecule has 0 unspecified atom stereocenters. The predicted molar refractivity (Wildman–Crippen MR) is 80.0 cm³/mol. The summed E-state index contributed by atoms with van der Waals surface area (Å²) in [5.74, 6) is -0.173. The highest BCUT2D eigenvalue weighted by Gasteiger charge is 2.09. The first kappa shape index (κ1) is 13.7. The van der Waals surface area contributed by atoms with Crippen LogP contribution in [-0.4, -0.2) is 5.91 Å². The zero-order chi connectivity index (χ0) is 13.7. The van der Waals surface area contributed by atoms with Crippen LogP contribution in [0, 0.1) is 10.7 Å². The van der Waals surface area contributed by atoms with Crippen molar-refractivity contribution >= 4 is 39.3 Å². The largest absolute Gasteiger partial charge is 0.322 e. The summed E-state index contributed by atoms with van der Waals surface area (Å²) < 4.78 is 0.754. The Balaban J connectivity index is 2.11. The number of carbonyl (C=O) groups excluding carboxylic acids is 1. The fourth-order valence-corrected chi connectivity index (χ4v) is 2.35. The van der Waals surface area contributed by atoms with Crippen molar-refractivity contribution in [2.45, 2.75) is 4.90 Å². The van der Waals surface area contributed by atoms with Gasteiger partial charge in [0.2, 0.25) is 0 Å². The Morgan fingerprint density at radius 1 is 1.16 bits per heavy atom. The second kappa shape index (κ2) is 6.41. The summed E-state index contributed by atoms with van der Waals surface area (Å²) in [6.45, 7) is 0. The number of hydrogen-bond acceptors (Lipinski definition) is 3. The summed E-state index contributed by atoms with van der Waals surface area (Å²) in [4.78, 5) is 12.9. The van der Waals surface area contributed by atoms with Crippen LogP contribution in [0.1, 0.15) is 10.4 Å². The average Bonchev–Trinajstić information content (AvgIpc) is 2.42. The molecule has 2 rings (SSSR count). The van der Waals surface area contributed by atoms with E-state index >= 15 is 0 Å². The average molecular weight is 333 g/mol. The molecule has 0 fully saturated rings. The Bertz CT molecular complexity index is 635. The zero-order valence-corrected chi connectivity index (χ0v) is 12.2. The van der Waals surface area contributed by atoms with Crippen LogP contribution in [0.5, 0.6) is 0 Å². The Morgan fingerprint density at radius 3 is 2.47 bits per heavy atom. The molecule has 5 heteroatoms. The number of nitriles is 1. The van der Waals surface area contributed by atoms with E-state index in [4.69, 9.17) is 5.26 Å². The summed E-state index contributed by atoms with van der Waals surface area (Å²) in [6.07, 6.45) is 0. The predicted octanol–water partition coefficient (Wildman–Crippen LogP) is 4.27. The van der Waals surface area contributed by atoms with Crippen molar-refractivity contribution in [1.29, 1.82) is 5.26 Å². The van der Waals surface area contributed by atoms with Gasteiger partial charge in [0.25, 0.3) is 5.91 Å². The van der Waals surface area contributed by atoms with Crippen molar-refractivity contribution in [3.8, 4) is 5.40 Å². The maximum absolute atomic E-state index is 12.0. The van der Waals surface area contributed by atoms with Crippen molar-refractivity contribution < 1.29 is 4.79 Å². The van der Waals surface area contributed by atoms with E-state index in [2.05, 4.69) is 21.2 Å². The molecule has 0 heterocycles. The summed E-state index contributed by atoms with van der Waals surface area (Å²) in [6, 6.07) is 14.4. The normalized spacial score (nSPS) is 9.68. The molecule has 0 aliphatic heterocycles. The maximum atomic E-state index is 12.0. The molecule has 94 valence electrons. The van der Waals surface area contributed by atoms with Crippen molar-refractivity contribution in [3.05, 3.63) is 58.6 Å². The molecule has 2 aromatic carbocycles. The van der Waals surface area contributed by atoms with Crippen molar-refractivity contribution in [2.75, 3.05) is 5.32 Å². The van der Waals surface area contributed by atoms with E-state index in [9.17, 15) is 4.79 Å². The first-order valence-electron chi connectivity index (χ1n) is 5.42. The number of amides is 1. The molecule has 0 bridgehead atoms. The third kappa shape index (κ3) is 3.60. The molecule has 0 atom stereocenters. The molecule has 0 radical (unpaired) electrons. The SMILES string of the molecule is N#CSc1ccc(NC(=O)c2ccccc2Br)cc1. The number of halogens is 1. The van der Waals surface area contributed by atoms with Crippen LogP contribution in [-0.2, 0) is 0 Å². The van der Waals surface area contributed by atoms with Gasteiger partial charge in [0.1, 0.15) is 5.40 Å². The standard InChI is InChI=1S/C14H9BrN2OS/c15-13-4-2-1-3-12(13)14(18)17-10-5-7-11(8-6-10)19-9-16/h1-8H,(H,17,18). The van der Waals surface area contributed by atoms with Crippen LogP contribution in [0.2, 0.25) is 0 Å². The lowest BCUT2D eigenvalue weighted by atomic mass is 10.2. The van der Waals surface area contributed by atoms with E-state index in [0.29, 0.717) is 11.3 Å². The first-order chi connectivity index (χ1) is 9.20. The van der Waals surface area contributed by atoms with Crippen LogP contribution in [0.4, 0.5) is 5.69 Å². The third-order valence-electron chi connectivity index (χ3n) is 2.39. The fourth-order valence-electron chi connectivity index (χ4n) is 1.50. The van der Waals surface area contributed by atoms with Gasteiger partial charge in [0.05, 0.1) is 5.56 Å². The summed E-state index contributed by atoms with van der Waals surface area (Å²) in [5.41, 5.74) is 1.28. The van der Waals surface area contributed by atoms with E-state index in [0.717, 1.165) is 21.1 Å². The highest BCUT2D eigenvalue weighted by Crippen LogP contribution is 2.21. The molecule has 3 nitrogen and oxygen atoms in total. The van der Waals surface area contributed by atoms with Crippen molar-refractivity contribution in [2.24, 2.45) is 0 Å². The van der Waals surface area contributed by atoms with Gasteiger partial charge in [-0.2, -0.15) is 5.26 Å². The highest BCUT2D eigenvalue weighted by atomic mass is 79.9. The number of carbonyl (C=O) groups is 1. The monoisotopic (exact) mass is 332 g/mol. The lowest BCUT2D eigenvalue weighted by Gasteiger charge is -2.07. The van der Waals surface area contributed by atoms with Crippen LogP contribution in [0.15, 0.2) is 57.9 Å². The second-order valence-corrected chi connectivity index (χ2v) is 5.36. The van der Waals surface area contributed by atoms with Gasteiger partial charge >= 0.3 is 0 Å². The van der Waals surface area contributed by atoms with Gasteiger partial charge in [0.15, 0.2) is 0 Å². The molecule has 0 aromatic heterocycles. The summed E-state index contributed by atoms with van der Waals surface area (Å²) in [7, 11) is 0. The number of thiocyanates is 1. The molecule has 0 saturated heterocycles. The number of anilines is 1. The molecule has 0 aliphatic rings. The lowest BCUT2D eigenvalue weighted by molar-refractivity contribution is 0.102. The van der Waals surface area contributed by atoms with Crippen LogP contribution >= 0.6 is 27.7 Å². The third-order valence-corrected chi connectivity index (χ3v) is 3.68. The maximum Gasteiger partial charge on any atom is 0.256 e. The smallest absolute Gasteiger partial charge is 0.256 e. The van der Waals surface area contributed by atoms with Gasteiger partial charge in [0, 0.05) is 15.1 Å². The second-order valence-electron chi connectivity index (χ2n) is 3.65. The number of hydrogen-bond donors (Lipinski definition) is 1. The van der Waals surface area contributed by atoms with Crippen LogP contribution in [0.3, 0.4) is 0 Å². The molecule has 2 aromatic rings. The summed E-state index contributed by atoms with van der Waals surface area (Å²) in [5, 5.41) is 13.4. The quantitative estimate of drug-likeness (QED) is 0.674. The first-order valence-corrected chi connectivity index (χ1v) is 7.03. The minimum atomic E-state index is -0.173. The topological polar surface area (TPSA) is 52.9 Å². The van der Waals surface area contributed by atoms with E-state index < -0.39 is 0 Å². The van der Waals surface area contributed by atoms with Crippen LogP contribution in [0.25, 0.3) is 0 Å². The Morgan fingerprint density at radius 2 is 1.84 bits per heavy atom. The highest BCUT2D eigenvalue weighted by molar-refractivity contribution is 9.10. The van der Waals surface area contributed by atoms with Gasteiger partial charge in [-0.15, -0.1) is 0 Å². The number of nitrogens with zero attached hydrogens (tertiary/aromatic N) is 1. The van der Waals surface area contributed by atoms with Gasteiger partial charge in [-0.25, -0.2) is 0 Å². The summed E-state index contributed by atoms with van der Waals surface area (Å²) >= 11 is 4.43. The van der Waals surface area contributed by atoms with Gasteiger partial charge in [-0.05, 0) is 64.1 Å². The Labute approximate surface area is 123 Å². The van der Waals surface area contributed by atoms with Gasteiger partial charge in [-0.1, -0.05) is 12.1 Å². The number of benzene rings is 2. The van der Waals surface area contributed by atoms with Crippen molar-refractivity contribution in [1.82, 2.24) is 0 Å². The molecular formula is C14H9BrN2OS. The van der Waals surface area contributed by atoms with E-state index in [-0.39, 0.29) is 5.91 Å². The van der Waals surface area contributed by atoms with Crippen molar-refractivity contribution in [3.63, 3.8) is 0 Å². The number of rotatable bonds is 3. The molecular weight excluding hydrogens is 324 g/mol. The van der Waals surface area contributed by atoms with Gasteiger partial charge < -0.3 is 5.32 Å². The number of thioether (sulfide) groups is 1. The minimum Gasteiger partial charge on any atom is -0.322 e. The fraction of sp³-hybridized carbons (Fsp3) is 0. The Hall–Kier alpha value is -1.77. The molecule has 0 spiro atoms. The molecule has 0 saturated carbocycles. The zero-order valence-electron chi connectivity index (χ0n) is 9.76. The van der Waals surface area contributed by atoms with E-state index in [1.54, 1.807) is 30.3 Å². The molecule has 1 amide bonds. The van der Waals surface area contributed by atoms with Gasteiger partial charge in [-0.3, -0.25) is 4.79 Å². The lowest BCUT2D eigenvalue weighted by Crippen LogP contribution is -2.12. The van der Waals surface area contributed by atoms with Crippen LogP contribution < -0.4 is 5.32 Å². The van der Waals surface area contributed by atoms with E-state index in [1.807, 2.05) is 23.6 Å². The minimum absolute atomic E-state index is 0.173. The molecule has 0 aliphatic carbocycles. The van der Waals surface area contributed by atoms with E-state index in [1.165, 1.54) is 0 Å².